The summed E-state index contributed by atoms with van der Waals surface area (Å²) in [4.78, 5) is 4.90. The molecule has 0 bridgehead atoms. The molecule has 5 heteroatoms. The summed E-state index contributed by atoms with van der Waals surface area (Å²) in [6.45, 7) is 0.919. The summed E-state index contributed by atoms with van der Waals surface area (Å²) in [6, 6.07) is 24.0. The second-order valence-electron chi connectivity index (χ2n) is 7.25. The number of rotatable bonds is 9. The Balaban J connectivity index is 1.69. The molecular weight excluding hydrogens is 396 g/mol. The lowest BCUT2D eigenvalue weighted by atomic mass is 10.2. The Kier molecular flexibility index (Phi) is 6.67. The Hall–Kier alpha value is -2.82. The van der Waals surface area contributed by atoms with Crippen LogP contribution in [-0.4, -0.2) is 27.9 Å². The predicted molar refractivity (Wildman–Crippen MR) is 123 cm³/mol. The van der Waals surface area contributed by atoms with Crippen LogP contribution in [0.3, 0.4) is 0 Å². The zero-order valence-electron chi connectivity index (χ0n) is 16.8. The maximum atomic E-state index is 8.88. The minimum atomic E-state index is 0.259. The van der Waals surface area contributed by atoms with Gasteiger partial charge in [-0.3, -0.25) is 4.57 Å². The number of imidazole rings is 1. The molecule has 1 heterocycles. The van der Waals surface area contributed by atoms with Crippen LogP contribution in [0.1, 0.15) is 25.7 Å². The summed E-state index contributed by atoms with van der Waals surface area (Å²) in [5.41, 5.74) is 3.89. The van der Waals surface area contributed by atoms with Crippen LogP contribution >= 0.6 is 11.6 Å². The standard InChI is InChI=1S/C25H25ClN2O2/c26-20-11-8-12-21(17-20)28-24-18-22(30-16-7-2-1-6-15-29)13-14-23(24)27-25(28)19-9-4-3-5-10-19/h3-5,8-14,17-18,29H,1-2,6-7,15-16H2. The van der Waals surface area contributed by atoms with Crippen molar-refractivity contribution in [3.63, 3.8) is 0 Å². The molecule has 0 amide bonds. The average Bonchev–Trinajstić information content (AvgIpc) is 3.15. The van der Waals surface area contributed by atoms with Gasteiger partial charge in [-0.05, 0) is 49.6 Å². The Labute approximate surface area is 181 Å². The highest BCUT2D eigenvalue weighted by Gasteiger charge is 2.15. The van der Waals surface area contributed by atoms with E-state index in [1.165, 1.54) is 0 Å². The van der Waals surface area contributed by atoms with Gasteiger partial charge in [-0.1, -0.05) is 54.4 Å². The largest absolute Gasteiger partial charge is 0.494 e. The van der Waals surface area contributed by atoms with Crippen LogP contribution in [0.4, 0.5) is 0 Å². The molecule has 0 radical (unpaired) electrons. The summed E-state index contributed by atoms with van der Waals surface area (Å²) in [7, 11) is 0. The summed E-state index contributed by atoms with van der Waals surface area (Å²) >= 11 is 6.29. The van der Waals surface area contributed by atoms with Crippen molar-refractivity contribution < 1.29 is 9.84 Å². The highest BCUT2D eigenvalue weighted by molar-refractivity contribution is 6.30. The molecular formula is C25H25ClN2O2. The second-order valence-corrected chi connectivity index (χ2v) is 7.69. The lowest BCUT2D eigenvalue weighted by molar-refractivity contribution is 0.273. The first-order valence-corrected chi connectivity index (χ1v) is 10.7. The fourth-order valence-corrected chi connectivity index (χ4v) is 3.74. The Morgan fingerprint density at radius 3 is 2.50 bits per heavy atom. The number of hydrogen-bond acceptors (Lipinski definition) is 3. The van der Waals surface area contributed by atoms with Crippen molar-refractivity contribution in [2.75, 3.05) is 13.2 Å². The van der Waals surface area contributed by atoms with E-state index in [2.05, 4.69) is 16.7 Å². The molecule has 0 saturated heterocycles. The molecule has 30 heavy (non-hydrogen) atoms. The van der Waals surface area contributed by atoms with Crippen molar-refractivity contribution >= 4 is 22.6 Å². The number of halogens is 1. The highest BCUT2D eigenvalue weighted by atomic mass is 35.5. The van der Waals surface area contributed by atoms with Crippen LogP contribution in [0.5, 0.6) is 5.75 Å². The van der Waals surface area contributed by atoms with E-state index in [9.17, 15) is 0 Å². The predicted octanol–water partition coefficient (Wildman–Crippen LogP) is 6.28. The zero-order valence-corrected chi connectivity index (χ0v) is 17.6. The SMILES string of the molecule is OCCCCCCOc1ccc2nc(-c3ccccc3)n(-c3cccc(Cl)c3)c2c1. The second kappa shape index (κ2) is 9.79. The molecule has 0 spiro atoms. The molecule has 1 N–H and O–H groups in total. The number of nitrogens with zero attached hydrogens (tertiary/aromatic N) is 2. The van der Waals surface area contributed by atoms with E-state index in [1.807, 2.05) is 60.7 Å². The van der Waals surface area contributed by atoms with Gasteiger partial charge in [0.1, 0.15) is 11.6 Å². The lowest BCUT2D eigenvalue weighted by Crippen LogP contribution is -1.99. The number of aliphatic hydroxyl groups is 1. The average molecular weight is 421 g/mol. The van der Waals surface area contributed by atoms with Crippen molar-refractivity contribution in [2.24, 2.45) is 0 Å². The van der Waals surface area contributed by atoms with Crippen LogP contribution in [0, 0.1) is 0 Å². The van der Waals surface area contributed by atoms with E-state index >= 15 is 0 Å². The molecule has 0 fully saturated rings. The van der Waals surface area contributed by atoms with Crippen molar-refractivity contribution in [1.29, 1.82) is 0 Å². The summed E-state index contributed by atoms with van der Waals surface area (Å²) in [5, 5.41) is 9.56. The molecule has 0 unspecified atom stereocenters. The van der Waals surface area contributed by atoms with Gasteiger partial charge in [0.05, 0.1) is 17.6 Å². The van der Waals surface area contributed by atoms with Crippen molar-refractivity contribution in [3.05, 3.63) is 77.8 Å². The first-order chi connectivity index (χ1) is 14.8. The third-order valence-electron chi connectivity index (χ3n) is 5.05. The van der Waals surface area contributed by atoms with Crippen LogP contribution in [0.15, 0.2) is 72.8 Å². The minimum absolute atomic E-state index is 0.259. The van der Waals surface area contributed by atoms with E-state index < -0.39 is 0 Å². The minimum Gasteiger partial charge on any atom is -0.494 e. The van der Waals surface area contributed by atoms with Gasteiger partial charge in [0.15, 0.2) is 0 Å². The van der Waals surface area contributed by atoms with E-state index in [-0.39, 0.29) is 6.61 Å². The number of ether oxygens (including phenoxy) is 1. The number of benzene rings is 3. The molecule has 0 aliphatic rings. The number of unbranched alkanes of at least 4 members (excludes halogenated alkanes) is 3. The highest BCUT2D eigenvalue weighted by Crippen LogP contribution is 2.31. The first kappa shape index (κ1) is 20.5. The van der Waals surface area contributed by atoms with Crippen molar-refractivity contribution in [2.45, 2.75) is 25.7 Å². The van der Waals surface area contributed by atoms with Crippen LogP contribution in [0.25, 0.3) is 28.1 Å². The Morgan fingerprint density at radius 2 is 1.70 bits per heavy atom. The molecule has 0 aliphatic heterocycles. The zero-order chi connectivity index (χ0) is 20.8. The number of aliphatic hydroxyl groups excluding tert-OH is 1. The van der Waals surface area contributed by atoms with Gasteiger partial charge in [0.2, 0.25) is 0 Å². The molecule has 0 saturated carbocycles. The number of aromatic nitrogens is 2. The van der Waals surface area contributed by atoms with Gasteiger partial charge in [0, 0.05) is 28.9 Å². The number of fused-ring (bicyclic) bond motifs is 1. The van der Waals surface area contributed by atoms with Gasteiger partial charge in [-0.25, -0.2) is 4.98 Å². The van der Waals surface area contributed by atoms with Crippen LogP contribution < -0.4 is 4.74 Å². The maximum absolute atomic E-state index is 8.88. The molecule has 1 aromatic heterocycles. The number of hydrogen-bond donors (Lipinski definition) is 1. The maximum Gasteiger partial charge on any atom is 0.145 e. The molecule has 154 valence electrons. The third-order valence-corrected chi connectivity index (χ3v) is 5.28. The van der Waals surface area contributed by atoms with Gasteiger partial charge >= 0.3 is 0 Å². The monoisotopic (exact) mass is 420 g/mol. The third kappa shape index (κ3) is 4.66. The summed E-state index contributed by atoms with van der Waals surface area (Å²) in [5.74, 6) is 1.70. The Bertz CT molecular complexity index is 1110. The molecule has 0 atom stereocenters. The topological polar surface area (TPSA) is 47.3 Å². The smallest absolute Gasteiger partial charge is 0.145 e. The van der Waals surface area contributed by atoms with E-state index in [0.717, 1.165) is 59.5 Å². The van der Waals surface area contributed by atoms with Crippen molar-refractivity contribution in [3.8, 4) is 22.8 Å². The summed E-state index contributed by atoms with van der Waals surface area (Å²) in [6.07, 6.45) is 3.91. The van der Waals surface area contributed by atoms with E-state index in [1.54, 1.807) is 0 Å². The molecule has 4 nitrogen and oxygen atoms in total. The quantitative estimate of drug-likeness (QED) is 0.324. The van der Waals surface area contributed by atoms with Gasteiger partial charge in [0.25, 0.3) is 0 Å². The molecule has 4 rings (SSSR count). The fraction of sp³-hybridized carbons (Fsp3) is 0.240. The van der Waals surface area contributed by atoms with Crippen LogP contribution in [-0.2, 0) is 0 Å². The van der Waals surface area contributed by atoms with Crippen LogP contribution in [0.2, 0.25) is 5.02 Å². The van der Waals surface area contributed by atoms with Gasteiger partial charge in [-0.15, -0.1) is 0 Å². The molecule has 0 aliphatic carbocycles. The Morgan fingerprint density at radius 1 is 0.867 bits per heavy atom. The normalized spacial score (nSPS) is 11.1. The van der Waals surface area contributed by atoms with E-state index in [4.69, 9.17) is 26.4 Å². The lowest BCUT2D eigenvalue weighted by Gasteiger charge is -2.11. The van der Waals surface area contributed by atoms with Gasteiger partial charge < -0.3 is 9.84 Å². The molecule has 3 aromatic carbocycles. The van der Waals surface area contributed by atoms with E-state index in [0.29, 0.717) is 11.6 Å². The van der Waals surface area contributed by atoms with Crippen molar-refractivity contribution in [1.82, 2.24) is 9.55 Å². The summed E-state index contributed by atoms with van der Waals surface area (Å²) < 4.78 is 8.12. The fourth-order valence-electron chi connectivity index (χ4n) is 3.56. The molecule has 4 aromatic rings. The first-order valence-electron chi connectivity index (χ1n) is 10.3. The van der Waals surface area contributed by atoms with Gasteiger partial charge in [-0.2, -0.15) is 0 Å².